The maximum absolute atomic E-state index is 12.5. The van der Waals surface area contributed by atoms with Crippen LogP contribution >= 0.6 is 15.9 Å². The minimum atomic E-state index is -3.02. The molecule has 0 saturated carbocycles. The number of carbonyl (C=O) groups excluding carboxylic acids is 3. The van der Waals surface area contributed by atoms with Crippen LogP contribution in [0, 0.1) is 0 Å². The molecule has 0 fully saturated rings. The van der Waals surface area contributed by atoms with Gasteiger partial charge in [0.2, 0.25) is 0 Å². The monoisotopic (exact) mass is 451 g/mol. The molecule has 0 unspecified atom stereocenters. The fraction of sp³-hybridized carbons (Fsp3) is 0.105. The number of benzene rings is 2. The Labute approximate surface area is 166 Å². The Bertz CT molecular complexity index is 942. The topological polar surface area (TPSA) is 72.9 Å². The number of alkyl halides is 2. The molecule has 28 heavy (non-hydrogen) atoms. The number of ether oxygens (including phenoxy) is 2. The van der Waals surface area contributed by atoms with Gasteiger partial charge in [-0.15, -0.1) is 0 Å². The van der Waals surface area contributed by atoms with E-state index in [1.165, 1.54) is 36.4 Å². The molecule has 144 valence electrons. The Morgan fingerprint density at radius 3 is 2.36 bits per heavy atom. The average molecular weight is 452 g/mol. The number of hydrogen-bond donors (Lipinski definition) is 0. The fourth-order valence-corrected chi connectivity index (χ4v) is 2.92. The SMILES string of the molecule is O=C(/C=C/c1cc(Br)ccc1OC(F)F)OCN1C(=O)c2ccccc2C1=O. The van der Waals surface area contributed by atoms with Crippen LogP contribution < -0.4 is 4.74 Å². The zero-order valence-corrected chi connectivity index (χ0v) is 15.7. The van der Waals surface area contributed by atoms with Crippen molar-refractivity contribution in [3.63, 3.8) is 0 Å². The number of amides is 2. The highest BCUT2D eigenvalue weighted by atomic mass is 79.9. The number of imide groups is 1. The van der Waals surface area contributed by atoms with Crippen molar-refractivity contribution in [2.24, 2.45) is 0 Å². The summed E-state index contributed by atoms with van der Waals surface area (Å²) in [6, 6.07) is 10.6. The van der Waals surface area contributed by atoms with E-state index >= 15 is 0 Å². The van der Waals surface area contributed by atoms with E-state index in [-0.39, 0.29) is 22.4 Å². The van der Waals surface area contributed by atoms with Gasteiger partial charge in [0.15, 0.2) is 6.73 Å². The standard InChI is InChI=1S/C19H12BrF2NO5/c20-12-6-7-15(28-19(21)22)11(9-12)5-8-16(24)27-10-23-17(25)13-3-1-2-4-14(13)18(23)26/h1-9,19H,10H2/b8-5+. The van der Waals surface area contributed by atoms with Crippen LogP contribution in [0.25, 0.3) is 6.08 Å². The molecule has 9 heteroatoms. The summed E-state index contributed by atoms with van der Waals surface area (Å²) in [5.41, 5.74) is 0.691. The minimum absolute atomic E-state index is 0.123. The van der Waals surface area contributed by atoms with Crippen molar-refractivity contribution in [1.29, 1.82) is 0 Å². The van der Waals surface area contributed by atoms with Gasteiger partial charge in [-0.3, -0.25) is 9.59 Å². The van der Waals surface area contributed by atoms with Crippen LogP contribution in [0.15, 0.2) is 53.0 Å². The van der Waals surface area contributed by atoms with Crippen LogP contribution in [0.4, 0.5) is 8.78 Å². The van der Waals surface area contributed by atoms with E-state index in [0.29, 0.717) is 4.47 Å². The van der Waals surface area contributed by atoms with E-state index in [4.69, 9.17) is 4.74 Å². The predicted octanol–water partition coefficient (Wildman–Crippen LogP) is 3.86. The highest BCUT2D eigenvalue weighted by Crippen LogP contribution is 2.26. The maximum Gasteiger partial charge on any atom is 0.387 e. The third-order valence-corrected chi connectivity index (χ3v) is 4.29. The van der Waals surface area contributed by atoms with Crippen molar-refractivity contribution in [3.05, 3.63) is 69.7 Å². The van der Waals surface area contributed by atoms with Crippen LogP contribution in [0.2, 0.25) is 0 Å². The molecule has 2 amide bonds. The van der Waals surface area contributed by atoms with E-state index in [1.54, 1.807) is 12.1 Å². The van der Waals surface area contributed by atoms with Crippen LogP contribution in [0.3, 0.4) is 0 Å². The van der Waals surface area contributed by atoms with E-state index in [0.717, 1.165) is 11.0 Å². The molecule has 1 aliphatic rings. The number of hydrogen-bond acceptors (Lipinski definition) is 5. The highest BCUT2D eigenvalue weighted by Gasteiger charge is 2.35. The zero-order chi connectivity index (χ0) is 20.3. The predicted molar refractivity (Wildman–Crippen MR) is 97.7 cm³/mol. The van der Waals surface area contributed by atoms with Crippen LogP contribution in [-0.4, -0.2) is 36.0 Å². The molecule has 2 aromatic carbocycles. The lowest BCUT2D eigenvalue weighted by atomic mass is 10.1. The van der Waals surface area contributed by atoms with Gasteiger partial charge < -0.3 is 9.47 Å². The zero-order valence-electron chi connectivity index (χ0n) is 14.1. The summed E-state index contributed by atoms with van der Waals surface area (Å²) >= 11 is 3.20. The molecule has 3 rings (SSSR count). The number of esters is 1. The quantitative estimate of drug-likeness (QED) is 0.378. The van der Waals surface area contributed by atoms with E-state index < -0.39 is 31.1 Å². The van der Waals surface area contributed by atoms with E-state index in [1.807, 2.05) is 0 Å². The first kappa shape index (κ1) is 19.7. The van der Waals surface area contributed by atoms with Crippen molar-refractivity contribution < 1.29 is 32.6 Å². The number of fused-ring (bicyclic) bond motifs is 1. The summed E-state index contributed by atoms with van der Waals surface area (Å²) in [6.07, 6.45) is 2.21. The van der Waals surface area contributed by atoms with Gasteiger partial charge in [-0.05, 0) is 36.4 Å². The van der Waals surface area contributed by atoms with Gasteiger partial charge in [0.05, 0.1) is 11.1 Å². The molecule has 6 nitrogen and oxygen atoms in total. The second-order valence-corrected chi connectivity index (χ2v) is 6.49. The summed E-state index contributed by atoms with van der Waals surface area (Å²) in [5.74, 6) is -2.10. The number of carbonyl (C=O) groups is 3. The molecular formula is C19H12BrF2NO5. The molecule has 0 spiro atoms. The Balaban J connectivity index is 1.65. The maximum atomic E-state index is 12.5. The number of rotatable bonds is 6. The third kappa shape index (κ3) is 4.25. The third-order valence-electron chi connectivity index (χ3n) is 3.80. The van der Waals surface area contributed by atoms with Gasteiger partial charge in [-0.25, -0.2) is 9.69 Å². The Morgan fingerprint density at radius 1 is 1.11 bits per heavy atom. The van der Waals surface area contributed by atoms with Gasteiger partial charge in [-0.1, -0.05) is 28.1 Å². The van der Waals surface area contributed by atoms with Crippen molar-refractivity contribution >= 4 is 39.8 Å². The summed E-state index contributed by atoms with van der Waals surface area (Å²) in [5, 5.41) is 0. The Hall–Kier alpha value is -3.07. The van der Waals surface area contributed by atoms with Gasteiger partial charge in [0.1, 0.15) is 5.75 Å². The van der Waals surface area contributed by atoms with Crippen molar-refractivity contribution in [1.82, 2.24) is 4.90 Å². The molecule has 0 aromatic heterocycles. The summed E-state index contributed by atoms with van der Waals surface area (Å²) < 4.78 is 34.8. The summed E-state index contributed by atoms with van der Waals surface area (Å²) in [4.78, 5) is 37.1. The molecule has 1 heterocycles. The van der Waals surface area contributed by atoms with Gasteiger partial charge in [0, 0.05) is 16.1 Å². The smallest absolute Gasteiger partial charge is 0.387 e. The Kier molecular flexibility index (Phi) is 5.84. The molecule has 0 saturated heterocycles. The first-order valence-corrected chi connectivity index (χ1v) is 8.70. The van der Waals surface area contributed by atoms with Crippen molar-refractivity contribution in [2.75, 3.05) is 6.73 Å². The van der Waals surface area contributed by atoms with Crippen molar-refractivity contribution in [2.45, 2.75) is 6.61 Å². The van der Waals surface area contributed by atoms with Crippen LogP contribution in [0.5, 0.6) is 5.75 Å². The molecule has 0 atom stereocenters. The minimum Gasteiger partial charge on any atom is -0.441 e. The largest absolute Gasteiger partial charge is 0.441 e. The molecular weight excluding hydrogens is 440 g/mol. The lowest BCUT2D eigenvalue weighted by molar-refractivity contribution is -0.140. The summed E-state index contributed by atoms with van der Waals surface area (Å²) in [6.45, 7) is -3.58. The lowest BCUT2D eigenvalue weighted by Crippen LogP contribution is -2.32. The molecule has 2 aromatic rings. The first-order chi connectivity index (χ1) is 13.4. The van der Waals surface area contributed by atoms with E-state index in [9.17, 15) is 23.2 Å². The summed E-state index contributed by atoms with van der Waals surface area (Å²) in [7, 11) is 0. The first-order valence-electron chi connectivity index (χ1n) is 7.91. The van der Waals surface area contributed by atoms with Crippen LogP contribution in [0.1, 0.15) is 26.3 Å². The van der Waals surface area contributed by atoms with E-state index in [2.05, 4.69) is 20.7 Å². The number of halogens is 3. The van der Waals surface area contributed by atoms with Gasteiger partial charge in [0.25, 0.3) is 11.8 Å². The lowest BCUT2D eigenvalue weighted by Gasteiger charge is -2.13. The second kappa shape index (κ2) is 8.30. The van der Waals surface area contributed by atoms with Gasteiger partial charge in [-0.2, -0.15) is 8.78 Å². The van der Waals surface area contributed by atoms with Gasteiger partial charge >= 0.3 is 12.6 Å². The Morgan fingerprint density at radius 2 is 1.75 bits per heavy atom. The highest BCUT2D eigenvalue weighted by molar-refractivity contribution is 9.10. The fourth-order valence-electron chi connectivity index (χ4n) is 2.54. The molecule has 0 aliphatic carbocycles. The van der Waals surface area contributed by atoms with Crippen molar-refractivity contribution in [3.8, 4) is 5.75 Å². The second-order valence-electron chi connectivity index (χ2n) is 5.57. The molecule has 0 radical (unpaired) electrons. The molecule has 1 aliphatic heterocycles. The molecule has 0 N–H and O–H groups in total. The normalized spacial score (nSPS) is 13.4. The molecule has 0 bridgehead atoms. The average Bonchev–Trinajstić information content (AvgIpc) is 2.90. The number of nitrogens with zero attached hydrogens (tertiary/aromatic N) is 1. The van der Waals surface area contributed by atoms with Crippen LogP contribution in [-0.2, 0) is 9.53 Å².